The monoisotopic (exact) mass is 318 g/mol. The largest absolute Gasteiger partial charge is 0.242 e. The van der Waals surface area contributed by atoms with Gasteiger partial charge < -0.3 is 0 Å². The van der Waals surface area contributed by atoms with Crippen molar-refractivity contribution in [2.24, 2.45) is 11.3 Å². The molecular formula is C17H19ClN2S. The van der Waals surface area contributed by atoms with E-state index in [2.05, 4.69) is 26.8 Å². The van der Waals surface area contributed by atoms with Crippen molar-refractivity contribution in [3.8, 4) is 6.07 Å². The van der Waals surface area contributed by atoms with Crippen LogP contribution in [0.4, 0.5) is 0 Å². The van der Waals surface area contributed by atoms with Crippen molar-refractivity contribution in [1.29, 1.82) is 5.26 Å². The number of halogens is 1. The fourth-order valence-corrected chi connectivity index (χ4v) is 4.43. The lowest BCUT2D eigenvalue weighted by Crippen LogP contribution is -2.29. The van der Waals surface area contributed by atoms with E-state index in [1.807, 2.05) is 6.07 Å². The third kappa shape index (κ3) is 2.45. The Kier molecular flexibility index (Phi) is 3.71. The summed E-state index contributed by atoms with van der Waals surface area (Å²) >= 11 is 8.08. The third-order valence-electron chi connectivity index (χ3n) is 5.11. The first-order valence-electron chi connectivity index (χ1n) is 7.47. The van der Waals surface area contributed by atoms with Gasteiger partial charge in [0.15, 0.2) is 0 Å². The zero-order chi connectivity index (χ0) is 15.2. The number of nitrogens with zero attached hydrogens (tertiary/aromatic N) is 2. The molecule has 2 nitrogen and oxygen atoms in total. The van der Waals surface area contributed by atoms with E-state index >= 15 is 0 Å². The van der Waals surface area contributed by atoms with E-state index in [1.54, 1.807) is 0 Å². The van der Waals surface area contributed by atoms with Crippen molar-refractivity contribution < 1.29 is 0 Å². The number of aryl methyl sites for hydroxylation is 1. The van der Waals surface area contributed by atoms with E-state index in [4.69, 9.17) is 21.8 Å². The number of fused-ring (bicyclic) bond motifs is 2. The van der Waals surface area contributed by atoms with Crippen molar-refractivity contribution in [3.05, 3.63) is 27.2 Å². The number of hydrogen-bond donors (Lipinski definition) is 0. The van der Waals surface area contributed by atoms with E-state index in [9.17, 15) is 0 Å². The predicted octanol–water partition coefficient (Wildman–Crippen LogP) is 5.36. The lowest BCUT2D eigenvalue weighted by molar-refractivity contribution is 0.182. The topological polar surface area (TPSA) is 36.7 Å². The van der Waals surface area contributed by atoms with Crippen LogP contribution in [0.1, 0.15) is 49.7 Å². The Morgan fingerprint density at radius 2 is 2.29 bits per heavy atom. The maximum absolute atomic E-state index is 9.07. The molecule has 0 saturated carbocycles. The predicted molar refractivity (Wildman–Crippen MR) is 88.9 cm³/mol. The van der Waals surface area contributed by atoms with Crippen LogP contribution in [0.15, 0.2) is 6.07 Å². The maximum atomic E-state index is 9.07. The molecule has 1 aliphatic rings. The molecular weight excluding hydrogens is 300 g/mol. The van der Waals surface area contributed by atoms with Crippen LogP contribution in [0.25, 0.3) is 10.2 Å². The Balaban J connectivity index is 2.08. The Labute approximate surface area is 134 Å². The van der Waals surface area contributed by atoms with Crippen molar-refractivity contribution in [3.63, 3.8) is 0 Å². The number of nitriles is 1. The number of thiophene rings is 1. The minimum atomic E-state index is 0.336. The van der Waals surface area contributed by atoms with Crippen LogP contribution in [0.5, 0.6) is 0 Å². The Morgan fingerprint density at radius 1 is 1.52 bits per heavy atom. The Hall–Kier alpha value is -1.11. The molecule has 110 valence electrons. The summed E-state index contributed by atoms with van der Waals surface area (Å²) in [6, 6.07) is 4.08. The van der Waals surface area contributed by atoms with Gasteiger partial charge in [0.2, 0.25) is 0 Å². The summed E-state index contributed by atoms with van der Waals surface area (Å²) in [6.07, 6.45) is 4.37. The van der Waals surface area contributed by atoms with Gasteiger partial charge >= 0.3 is 0 Å². The molecule has 0 N–H and O–H groups in total. The molecule has 0 aliphatic heterocycles. The van der Waals surface area contributed by atoms with E-state index < -0.39 is 0 Å². The first-order chi connectivity index (χ1) is 9.96. The average molecular weight is 319 g/mol. The first kappa shape index (κ1) is 14.8. The minimum absolute atomic E-state index is 0.336. The number of hydrogen-bond acceptors (Lipinski definition) is 3. The summed E-state index contributed by atoms with van der Waals surface area (Å²) in [5.41, 5.74) is 2.69. The smallest absolute Gasteiger partial charge is 0.126 e. The van der Waals surface area contributed by atoms with Crippen molar-refractivity contribution in [1.82, 2.24) is 4.98 Å². The highest BCUT2D eigenvalue weighted by Crippen LogP contribution is 2.43. The standard InChI is InChI=1S/C17H19ClN2S/c1-4-17(2,3)10-5-6-14-12(7-10)15(18)13-8-11(9-19)21-16(13)20-14/h8,10H,4-7H2,1-3H3. The second kappa shape index (κ2) is 5.26. The number of pyridine rings is 1. The molecule has 0 radical (unpaired) electrons. The van der Waals surface area contributed by atoms with Crippen LogP contribution < -0.4 is 0 Å². The molecule has 4 heteroatoms. The van der Waals surface area contributed by atoms with Gasteiger partial charge in [-0.25, -0.2) is 4.98 Å². The molecule has 0 fully saturated rings. The van der Waals surface area contributed by atoms with E-state index in [0.29, 0.717) is 16.2 Å². The molecule has 2 aromatic heterocycles. The van der Waals surface area contributed by atoms with Gasteiger partial charge in [-0.15, -0.1) is 11.3 Å². The number of aromatic nitrogens is 1. The highest BCUT2D eigenvalue weighted by atomic mass is 35.5. The molecule has 1 atom stereocenters. The second-order valence-corrected chi connectivity index (χ2v) is 7.98. The quantitative estimate of drug-likeness (QED) is 0.747. The molecule has 2 heterocycles. The first-order valence-corrected chi connectivity index (χ1v) is 8.66. The van der Waals surface area contributed by atoms with Crippen LogP contribution in [0.2, 0.25) is 5.02 Å². The molecule has 0 aromatic carbocycles. The summed E-state index contributed by atoms with van der Waals surface area (Å²) in [5, 5.41) is 10.8. The molecule has 0 spiro atoms. The SMILES string of the molecule is CCC(C)(C)C1CCc2nc3sc(C#N)cc3c(Cl)c2C1. The van der Waals surface area contributed by atoms with E-state index in [0.717, 1.165) is 33.8 Å². The highest BCUT2D eigenvalue weighted by molar-refractivity contribution is 7.19. The average Bonchev–Trinajstić information content (AvgIpc) is 2.90. The third-order valence-corrected chi connectivity index (χ3v) is 6.47. The molecule has 0 saturated heterocycles. The molecule has 3 rings (SSSR count). The maximum Gasteiger partial charge on any atom is 0.126 e. The Bertz CT molecular complexity index is 739. The minimum Gasteiger partial charge on any atom is -0.242 e. The summed E-state index contributed by atoms with van der Waals surface area (Å²) in [7, 11) is 0. The zero-order valence-corrected chi connectivity index (χ0v) is 14.2. The fourth-order valence-electron chi connectivity index (χ4n) is 3.19. The van der Waals surface area contributed by atoms with Crippen LogP contribution in [-0.2, 0) is 12.8 Å². The van der Waals surface area contributed by atoms with Gasteiger partial charge in [-0.1, -0.05) is 38.8 Å². The van der Waals surface area contributed by atoms with Crippen LogP contribution >= 0.6 is 22.9 Å². The van der Waals surface area contributed by atoms with E-state index in [-0.39, 0.29) is 0 Å². The highest BCUT2D eigenvalue weighted by Gasteiger charge is 2.33. The summed E-state index contributed by atoms with van der Waals surface area (Å²) in [4.78, 5) is 6.36. The molecule has 0 bridgehead atoms. The van der Waals surface area contributed by atoms with Gasteiger partial charge in [-0.3, -0.25) is 0 Å². The van der Waals surface area contributed by atoms with Crippen molar-refractivity contribution >= 4 is 33.2 Å². The van der Waals surface area contributed by atoms with Crippen LogP contribution in [-0.4, -0.2) is 4.98 Å². The Morgan fingerprint density at radius 3 is 2.95 bits per heavy atom. The molecule has 1 unspecified atom stereocenters. The zero-order valence-electron chi connectivity index (χ0n) is 12.7. The fraction of sp³-hybridized carbons (Fsp3) is 0.529. The van der Waals surface area contributed by atoms with Crippen LogP contribution in [0, 0.1) is 22.7 Å². The summed E-state index contributed by atoms with van der Waals surface area (Å²) in [5.74, 6) is 0.654. The van der Waals surface area contributed by atoms with Crippen LogP contribution in [0.3, 0.4) is 0 Å². The van der Waals surface area contributed by atoms with Gasteiger partial charge in [-0.2, -0.15) is 5.26 Å². The summed E-state index contributed by atoms with van der Waals surface area (Å²) < 4.78 is 0. The second-order valence-electron chi connectivity index (χ2n) is 6.57. The van der Waals surface area contributed by atoms with Gasteiger partial charge in [0.1, 0.15) is 15.8 Å². The van der Waals surface area contributed by atoms with Gasteiger partial charge in [0.05, 0.1) is 5.02 Å². The molecule has 21 heavy (non-hydrogen) atoms. The van der Waals surface area contributed by atoms with Gasteiger partial charge in [0, 0.05) is 11.1 Å². The lowest BCUT2D eigenvalue weighted by Gasteiger charge is -2.37. The van der Waals surface area contributed by atoms with Gasteiger partial charge in [-0.05, 0) is 42.2 Å². The normalized spacial score (nSPS) is 18.5. The molecule has 2 aromatic rings. The van der Waals surface area contributed by atoms with Gasteiger partial charge in [0.25, 0.3) is 0 Å². The summed E-state index contributed by atoms with van der Waals surface area (Å²) in [6.45, 7) is 6.96. The molecule has 1 aliphatic carbocycles. The lowest BCUT2D eigenvalue weighted by atomic mass is 9.69. The number of rotatable bonds is 2. The van der Waals surface area contributed by atoms with Crippen molar-refractivity contribution in [2.45, 2.75) is 46.5 Å². The van der Waals surface area contributed by atoms with E-state index in [1.165, 1.54) is 29.7 Å². The molecule has 0 amide bonds. The van der Waals surface area contributed by atoms with Crippen molar-refractivity contribution in [2.75, 3.05) is 0 Å².